The highest BCUT2D eigenvalue weighted by molar-refractivity contribution is 4.96. The van der Waals surface area contributed by atoms with Crippen molar-refractivity contribution in [3.05, 3.63) is 18.2 Å². The van der Waals surface area contributed by atoms with Crippen LogP contribution in [0.15, 0.2) is 12.5 Å². The molecule has 0 saturated heterocycles. The lowest BCUT2D eigenvalue weighted by atomic mass is 10.3. The third-order valence-electron chi connectivity index (χ3n) is 2.63. The van der Waals surface area contributed by atoms with Crippen molar-refractivity contribution in [3.8, 4) is 0 Å². The predicted molar refractivity (Wildman–Crippen MR) is 44.2 cm³/mol. The molecule has 2 nitrogen and oxygen atoms in total. The quantitative estimate of drug-likeness (QED) is 0.629. The van der Waals surface area contributed by atoms with E-state index >= 15 is 0 Å². The molecule has 1 saturated carbocycles. The van der Waals surface area contributed by atoms with Gasteiger partial charge in [-0.1, -0.05) is 6.92 Å². The minimum Gasteiger partial charge on any atom is -0.335 e. The second-order valence-electron chi connectivity index (χ2n) is 3.66. The van der Waals surface area contributed by atoms with Crippen molar-refractivity contribution < 1.29 is 0 Å². The number of hydrogen-bond acceptors (Lipinski definition) is 1. The number of aryl methyl sites for hydroxylation is 1. The largest absolute Gasteiger partial charge is 0.335 e. The minimum absolute atomic E-state index is 0.919. The van der Waals surface area contributed by atoms with Crippen molar-refractivity contribution in [1.29, 1.82) is 0 Å². The van der Waals surface area contributed by atoms with Crippen molar-refractivity contribution >= 4 is 0 Å². The van der Waals surface area contributed by atoms with Crippen LogP contribution >= 0.6 is 0 Å². The summed E-state index contributed by atoms with van der Waals surface area (Å²) in [6.45, 7) is 5.60. The van der Waals surface area contributed by atoms with Crippen LogP contribution in [0.5, 0.6) is 0 Å². The molecule has 0 N–H and O–H groups in total. The molecule has 0 aromatic carbocycles. The molecule has 0 radical (unpaired) electrons. The first-order valence-corrected chi connectivity index (χ1v) is 4.24. The normalized spacial score (nSPS) is 28.9. The Morgan fingerprint density at radius 3 is 2.91 bits per heavy atom. The summed E-state index contributed by atoms with van der Waals surface area (Å²) in [4.78, 5) is 4.09. The molecule has 1 heterocycles. The number of aromatic nitrogens is 2. The Morgan fingerprint density at radius 1 is 1.73 bits per heavy atom. The van der Waals surface area contributed by atoms with Crippen LogP contribution in [0.2, 0.25) is 0 Å². The van der Waals surface area contributed by atoms with Gasteiger partial charge in [0.1, 0.15) is 0 Å². The van der Waals surface area contributed by atoms with Gasteiger partial charge in [-0.15, -0.1) is 0 Å². The topological polar surface area (TPSA) is 17.8 Å². The van der Waals surface area contributed by atoms with Crippen molar-refractivity contribution in [2.45, 2.75) is 26.8 Å². The van der Waals surface area contributed by atoms with Gasteiger partial charge < -0.3 is 4.57 Å². The molecular formula is C9H14N2. The van der Waals surface area contributed by atoms with Crippen molar-refractivity contribution in [1.82, 2.24) is 9.55 Å². The van der Waals surface area contributed by atoms with E-state index in [-0.39, 0.29) is 0 Å². The van der Waals surface area contributed by atoms with Crippen molar-refractivity contribution in [2.75, 3.05) is 0 Å². The Hall–Kier alpha value is -0.790. The van der Waals surface area contributed by atoms with Crippen LogP contribution in [0.4, 0.5) is 0 Å². The molecule has 1 unspecified atom stereocenters. The van der Waals surface area contributed by atoms with E-state index in [1.165, 1.54) is 18.7 Å². The van der Waals surface area contributed by atoms with E-state index in [1.54, 1.807) is 0 Å². The zero-order valence-electron chi connectivity index (χ0n) is 7.12. The van der Waals surface area contributed by atoms with Crippen LogP contribution in [0, 0.1) is 18.8 Å². The van der Waals surface area contributed by atoms with Crippen LogP contribution < -0.4 is 0 Å². The van der Waals surface area contributed by atoms with Crippen LogP contribution in [0.1, 0.15) is 19.0 Å². The third-order valence-corrected chi connectivity index (χ3v) is 2.63. The first-order chi connectivity index (χ1) is 5.27. The molecule has 0 spiro atoms. The SMILES string of the molecule is Cc1cncn1CC1C[C@H]1C. The van der Waals surface area contributed by atoms with E-state index in [2.05, 4.69) is 23.4 Å². The van der Waals surface area contributed by atoms with Crippen molar-refractivity contribution in [3.63, 3.8) is 0 Å². The fourth-order valence-corrected chi connectivity index (χ4v) is 1.48. The molecule has 2 atom stereocenters. The van der Waals surface area contributed by atoms with Gasteiger partial charge in [0.25, 0.3) is 0 Å². The summed E-state index contributed by atoms with van der Waals surface area (Å²) >= 11 is 0. The fraction of sp³-hybridized carbons (Fsp3) is 0.667. The molecular weight excluding hydrogens is 136 g/mol. The first kappa shape index (κ1) is 6.89. The smallest absolute Gasteiger partial charge is 0.0948 e. The Kier molecular flexibility index (Phi) is 1.48. The number of hydrogen-bond donors (Lipinski definition) is 0. The average Bonchev–Trinajstić information content (AvgIpc) is 2.48. The molecule has 11 heavy (non-hydrogen) atoms. The van der Waals surface area contributed by atoms with Gasteiger partial charge in [0.15, 0.2) is 0 Å². The zero-order valence-corrected chi connectivity index (χ0v) is 7.12. The van der Waals surface area contributed by atoms with Crippen LogP contribution in [-0.2, 0) is 6.54 Å². The lowest BCUT2D eigenvalue weighted by Crippen LogP contribution is -2.00. The highest BCUT2D eigenvalue weighted by Crippen LogP contribution is 2.38. The molecule has 2 rings (SSSR count). The van der Waals surface area contributed by atoms with Gasteiger partial charge in [-0.25, -0.2) is 4.98 Å². The van der Waals surface area contributed by atoms with E-state index in [0.29, 0.717) is 0 Å². The molecule has 0 amide bonds. The van der Waals surface area contributed by atoms with Gasteiger partial charge in [0.05, 0.1) is 6.33 Å². The number of imidazole rings is 1. The molecule has 1 aromatic rings. The molecule has 1 aromatic heterocycles. The van der Waals surface area contributed by atoms with Gasteiger partial charge in [-0.3, -0.25) is 0 Å². The fourth-order valence-electron chi connectivity index (χ4n) is 1.48. The van der Waals surface area contributed by atoms with Gasteiger partial charge in [0, 0.05) is 18.4 Å². The number of rotatable bonds is 2. The third kappa shape index (κ3) is 1.30. The lowest BCUT2D eigenvalue weighted by molar-refractivity contribution is 0.582. The summed E-state index contributed by atoms with van der Waals surface area (Å²) in [5, 5.41) is 0. The molecule has 60 valence electrons. The Labute approximate surface area is 67.3 Å². The summed E-state index contributed by atoms with van der Waals surface area (Å²) in [5.74, 6) is 1.86. The molecule has 0 bridgehead atoms. The van der Waals surface area contributed by atoms with E-state index in [4.69, 9.17) is 0 Å². The summed E-state index contributed by atoms with van der Waals surface area (Å²) in [6, 6.07) is 0. The Balaban J connectivity index is 2.01. The zero-order chi connectivity index (χ0) is 7.84. The molecule has 1 aliphatic rings. The summed E-state index contributed by atoms with van der Waals surface area (Å²) in [7, 11) is 0. The van der Waals surface area contributed by atoms with Gasteiger partial charge in [0.2, 0.25) is 0 Å². The van der Waals surface area contributed by atoms with Crippen LogP contribution in [0.3, 0.4) is 0 Å². The number of nitrogens with zero attached hydrogens (tertiary/aromatic N) is 2. The van der Waals surface area contributed by atoms with Crippen LogP contribution in [-0.4, -0.2) is 9.55 Å². The maximum absolute atomic E-state index is 4.09. The van der Waals surface area contributed by atoms with Crippen molar-refractivity contribution in [2.24, 2.45) is 11.8 Å². The van der Waals surface area contributed by atoms with E-state index in [9.17, 15) is 0 Å². The summed E-state index contributed by atoms with van der Waals surface area (Å²) < 4.78 is 2.24. The summed E-state index contributed by atoms with van der Waals surface area (Å²) in [5.41, 5.74) is 1.28. The Bertz CT molecular complexity index is 252. The van der Waals surface area contributed by atoms with Gasteiger partial charge >= 0.3 is 0 Å². The maximum Gasteiger partial charge on any atom is 0.0948 e. The van der Waals surface area contributed by atoms with E-state index < -0.39 is 0 Å². The molecule has 0 aliphatic heterocycles. The van der Waals surface area contributed by atoms with Gasteiger partial charge in [-0.05, 0) is 25.2 Å². The maximum atomic E-state index is 4.09. The average molecular weight is 150 g/mol. The lowest BCUT2D eigenvalue weighted by Gasteiger charge is -2.01. The molecule has 2 heteroatoms. The highest BCUT2D eigenvalue weighted by atomic mass is 15.0. The molecule has 1 fully saturated rings. The second-order valence-corrected chi connectivity index (χ2v) is 3.66. The van der Waals surface area contributed by atoms with E-state index in [0.717, 1.165) is 11.8 Å². The molecule has 1 aliphatic carbocycles. The van der Waals surface area contributed by atoms with Gasteiger partial charge in [-0.2, -0.15) is 0 Å². The summed E-state index contributed by atoms with van der Waals surface area (Å²) in [6.07, 6.45) is 5.26. The Morgan fingerprint density at radius 2 is 2.45 bits per heavy atom. The van der Waals surface area contributed by atoms with Crippen LogP contribution in [0.25, 0.3) is 0 Å². The predicted octanol–water partition coefficient (Wildman–Crippen LogP) is 1.85. The monoisotopic (exact) mass is 150 g/mol. The second kappa shape index (κ2) is 2.36. The van der Waals surface area contributed by atoms with E-state index in [1.807, 2.05) is 12.5 Å². The first-order valence-electron chi connectivity index (χ1n) is 4.24. The standard InChI is InChI=1S/C9H14N2/c1-7-3-9(7)5-11-6-10-4-8(11)2/h4,6-7,9H,3,5H2,1-2H3/t7-,9?/m1/s1. The minimum atomic E-state index is 0.919. The highest BCUT2D eigenvalue weighted by Gasteiger charge is 2.32.